The predicted octanol–water partition coefficient (Wildman–Crippen LogP) is 2.68. The van der Waals surface area contributed by atoms with E-state index in [1.807, 2.05) is 20.8 Å². The van der Waals surface area contributed by atoms with Gasteiger partial charge in [-0.05, 0) is 50.6 Å². The summed E-state index contributed by atoms with van der Waals surface area (Å²) in [4.78, 5) is 28.3. The molecule has 1 aromatic heterocycles. The topological polar surface area (TPSA) is 71.1 Å². The van der Waals surface area contributed by atoms with Crippen LogP contribution in [0.3, 0.4) is 0 Å². The van der Waals surface area contributed by atoms with Crippen LogP contribution in [-0.2, 0) is 6.54 Å². The van der Waals surface area contributed by atoms with Crippen molar-refractivity contribution >= 4 is 11.8 Å². The molecule has 0 bridgehead atoms. The Morgan fingerprint density at radius 2 is 1.75 bits per heavy atom. The van der Waals surface area contributed by atoms with Crippen LogP contribution < -0.4 is 10.6 Å². The van der Waals surface area contributed by atoms with Crippen molar-refractivity contribution in [1.29, 1.82) is 0 Å². The van der Waals surface area contributed by atoms with Gasteiger partial charge in [0.05, 0.1) is 0 Å². The summed E-state index contributed by atoms with van der Waals surface area (Å²) >= 11 is 0. The normalized spacial score (nSPS) is 11.0. The summed E-state index contributed by atoms with van der Waals surface area (Å²) in [6.07, 6.45) is 1.42. The zero-order chi connectivity index (χ0) is 17.7. The lowest BCUT2D eigenvalue weighted by Gasteiger charge is -2.20. The van der Waals surface area contributed by atoms with E-state index in [-0.39, 0.29) is 29.5 Å². The zero-order valence-electron chi connectivity index (χ0n) is 13.9. The smallest absolute Gasteiger partial charge is 0.270 e. The molecule has 1 heterocycles. The minimum absolute atomic E-state index is 0.152. The molecule has 2 amide bonds. The predicted molar refractivity (Wildman–Crippen MR) is 89.0 cm³/mol. The highest BCUT2D eigenvalue weighted by Gasteiger charge is 2.17. The Morgan fingerprint density at radius 1 is 1.08 bits per heavy atom. The van der Waals surface area contributed by atoms with Crippen LogP contribution in [0.5, 0.6) is 0 Å². The highest BCUT2D eigenvalue weighted by molar-refractivity contribution is 5.98. The van der Waals surface area contributed by atoms with Crippen LogP contribution >= 0.6 is 0 Å². The van der Waals surface area contributed by atoms with Gasteiger partial charge in [-0.3, -0.25) is 14.6 Å². The number of halogens is 1. The quantitative estimate of drug-likeness (QED) is 0.906. The second-order valence-corrected chi connectivity index (χ2v) is 6.44. The largest absolute Gasteiger partial charge is 0.347 e. The second-order valence-electron chi connectivity index (χ2n) is 6.44. The van der Waals surface area contributed by atoms with Crippen molar-refractivity contribution in [2.45, 2.75) is 32.9 Å². The fourth-order valence-electron chi connectivity index (χ4n) is 1.98. The molecule has 0 saturated carbocycles. The average Bonchev–Trinajstić information content (AvgIpc) is 2.52. The molecule has 1 aromatic carbocycles. The van der Waals surface area contributed by atoms with Crippen LogP contribution in [0.25, 0.3) is 0 Å². The molecule has 6 heteroatoms. The van der Waals surface area contributed by atoms with Crippen LogP contribution in [0.15, 0.2) is 42.6 Å². The summed E-state index contributed by atoms with van der Waals surface area (Å²) in [5.74, 6) is -0.994. The lowest BCUT2D eigenvalue weighted by Crippen LogP contribution is -2.40. The minimum atomic E-state index is -0.398. The third kappa shape index (κ3) is 5.15. The summed E-state index contributed by atoms with van der Waals surface area (Å²) in [7, 11) is 0. The number of benzene rings is 1. The molecular weight excluding hydrogens is 309 g/mol. The number of carbonyl (C=O) groups excluding carboxylic acids is 2. The van der Waals surface area contributed by atoms with Crippen LogP contribution in [0.1, 0.15) is 47.2 Å². The maximum Gasteiger partial charge on any atom is 0.270 e. The summed E-state index contributed by atoms with van der Waals surface area (Å²) < 4.78 is 12.9. The molecule has 0 spiro atoms. The van der Waals surface area contributed by atoms with Crippen molar-refractivity contribution < 1.29 is 14.0 Å². The van der Waals surface area contributed by atoms with Crippen LogP contribution in [0.2, 0.25) is 0 Å². The van der Waals surface area contributed by atoms with E-state index in [0.29, 0.717) is 5.56 Å². The van der Waals surface area contributed by atoms with Gasteiger partial charge in [-0.25, -0.2) is 4.39 Å². The Balaban J connectivity index is 2.03. The molecule has 0 radical (unpaired) electrons. The van der Waals surface area contributed by atoms with E-state index >= 15 is 0 Å². The van der Waals surface area contributed by atoms with Crippen molar-refractivity contribution in [3.05, 3.63) is 65.2 Å². The minimum Gasteiger partial charge on any atom is -0.347 e. The first-order valence-electron chi connectivity index (χ1n) is 7.56. The van der Waals surface area contributed by atoms with Gasteiger partial charge in [-0.2, -0.15) is 0 Å². The summed E-state index contributed by atoms with van der Waals surface area (Å²) in [6.45, 7) is 5.88. The number of amides is 2. The summed E-state index contributed by atoms with van der Waals surface area (Å²) in [5, 5.41) is 5.52. The van der Waals surface area contributed by atoms with Gasteiger partial charge in [0.15, 0.2) is 0 Å². The molecule has 0 aliphatic heterocycles. The Bertz CT molecular complexity index is 737. The molecule has 2 rings (SSSR count). The monoisotopic (exact) mass is 329 g/mol. The molecule has 0 atom stereocenters. The molecular formula is C18H20FN3O2. The Morgan fingerprint density at radius 3 is 2.38 bits per heavy atom. The van der Waals surface area contributed by atoms with E-state index < -0.39 is 5.91 Å². The van der Waals surface area contributed by atoms with Gasteiger partial charge in [-0.15, -0.1) is 0 Å². The van der Waals surface area contributed by atoms with Crippen molar-refractivity contribution in [3.8, 4) is 0 Å². The number of nitrogens with one attached hydrogen (secondary N) is 2. The molecule has 2 aromatic rings. The van der Waals surface area contributed by atoms with Gasteiger partial charge in [0.2, 0.25) is 0 Å². The molecule has 5 nitrogen and oxygen atoms in total. The molecule has 24 heavy (non-hydrogen) atoms. The van der Waals surface area contributed by atoms with Gasteiger partial charge < -0.3 is 10.6 Å². The highest BCUT2D eigenvalue weighted by Crippen LogP contribution is 2.07. The van der Waals surface area contributed by atoms with E-state index in [1.165, 1.54) is 24.4 Å². The molecule has 0 fully saturated rings. The first-order chi connectivity index (χ1) is 11.2. The third-order valence-corrected chi connectivity index (χ3v) is 3.11. The van der Waals surface area contributed by atoms with Crippen LogP contribution in [0.4, 0.5) is 4.39 Å². The van der Waals surface area contributed by atoms with Gasteiger partial charge in [0.25, 0.3) is 11.8 Å². The van der Waals surface area contributed by atoms with Crippen LogP contribution in [-0.4, -0.2) is 22.3 Å². The summed E-state index contributed by atoms with van der Waals surface area (Å²) in [6, 6.07) is 8.85. The number of carbonyl (C=O) groups is 2. The molecule has 0 aliphatic rings. The van der Waals surface area contributed by atoms with Gasteiger partial charge in [0.1, 0.15) is 11.5 Å². The first kappa shape index (κ1) is 17.6. The van der Waals surface area contributed by atoms with Crippen molar-refractivity contribution in [2.24, 2.45) is 0 Å². The molecule has 0 unspecified atom stereocenters. The third-order valence-electron chi connectivity index (χ3n) is 3.11. The Hall–Kier alpha value is -2.76. The maximum absolute atomic E-state index is 12.9. The van der Waals surface area contributed by atoms with Crippen molar-refractivity contribution in [3.63, 3.8) is 0 Å². The van der Waals surface area contributed by atoms with Gasteiger partial charge in [0, 0.05) is 23.8 Å². The lowest BCUT2D eigenvalue weighted by atomic mass is 10.1. The van der Waals surface area contributed by atoms with Crippen molar-refractivity contribution in [1.82, 2.24) is 15.6 Å². The molecule has 2 N–H and O–H groups in total. The molecule has 0 saturated heterocycles. The standard InChI is InChI=1S/C18H20FN3O2/c1-18(2,3)22-16(23)13-8-9-20-15(10-13)17(24)21-11-12-4-6-14(19)7-5-12/h4-10H,11H2,1-3H3,(H,21,24)(H,22,23). The number of hydrogen-bond donors (Lipinski definition) is 2. The van der Waals surface area contributed by atoms with Crippen LogP contribution in [0, 0.1) is 5.82 Å². The second kappa shape index (κ2) is 7.21. The number of hydrogen-bond acceptors (Lipinski definition) is 3. The molecule has 126 valence electrons. The van der Waals surface area contributed by atoms with E-state index in [2.05, 4.69) is 15.6 Å². The average molecular weight is 329 g/mol. The van der Waals surface area contributed by atoms with E-state index in [4.69, 9.17) is 0 Å². The first-order valence-corrected chi connectivity index (χ1v) is 7.56. The SMILES string of the molecule is CC(C)(C)NC(=O)c1ccnc(C(=O)NCc2ccc(F)cc2)c1. The number of nitrogens with zero attached hydrogens (tertiary/aromatic N) is 1. The Labute approximate surface area is 140 Å². The lowest BCUT2D eigenvalue weighted by molar-refractivity contribution is 0.0919. The van der Waals surface area contributed by atoms with E-state index in [1.54, 1.807) is 18.2 Å². The van der Waals surface area contributed by atoms with E-state index in [0.717, 1.165) is 5.56 Å². The maximum atomic E-state index is 12.9. The fraction of sp³-hybridized carbons (Fsp3) is 0.278. The summed E-state index contributed by atoms with van der Waals surface area (Å²) in [5.41, 5.74) is 0.919. The van der Waals surface area contributed by atoms with Crippen molar-refractivity contribution in [2.75, 3.05) is 0 Å². The number of aromatic nitrogens is 1. The molecule has 0 aliphatic carbocycles. The van der Waals surface area contributed by atoms with Gasteiger partial charge in [-0.1, -0.05) is 12.1 Å². The number of rotatable bonds is 4. The Kier molecular flexibility index (Phi) is 5.28. The fourth-order valence-corrected chi connectivity index (χ4v) is 1.98. The highest BCUT2D eigenvalue weighted by atomic mass is 19.1. The van der Waals surface area contributed by atoms with Gasteiger partial charge >= 0.3 is 0 Å². The zero-order valence-corrected chi connectivity index (χ0v) is 13.9. The van der Waals surface area contributed by atoms with E-state index in [9.17, 15) is 14.0 Å². The number of pyridine rings is 1.